The first-order valence-electron chi connectivity index (χ1n) is 2.72. The van der Waals surface area contributed by atoms with Crippen molar-refractivity contribution in [3.63, 3.8) is 0 Å². The molecule has 0 radical (unpaired) electrons. The van der Waals surface area contributed by atoms with Crippen LogP contribution in [0.1, 0.15) is 13.3 Å². The molecule has 9 heavy (non-hydrogen) atoms. The van der Waals surface area contributed by atoms with Crippen LogP contribution in [0.5, 0.6) is 0 Å². The summed E-state index contributed by atoms with van der Waals surface area (Å²) in [5.41, 5.74) is 0. The van der Waals surface area contributed by atoms with E-state index in [2.05, 4.69) is 0 Å². The third-order valence-electron chi connectivity index (χ3n) is 0.818. The Morgan fingerprint density at radius 1 is 2.00 bits per heavy atom. The van der Waals surface area contributed by atoms with E-state index in [-0.39, 0.29) is 0 Å². The number of hydrogen-bond donors (Lipinski definition) is 1. The summed E-state index contributed by atoms with van der Waals surface area (Å²) in [6, 6.07) is 0. The maximum Gasteiger partial charge on any atom is 0.165 e. The third kappa shape index (κ3) is 2.89. The summed E-state index contributed by atoms with van der Waals surface area (Å²) in [5.74, 6) is 1.22. The molecule has 0 aliphatic rings. The third-order valence-corrected chi connectivity index (χ3v) is 0.818. The molecule has 0 spiro atoms. The van der Waals surface area contributed by atoms with Gasteiger partial charge in [0, 0.05) is 0 Å². The number of terminal acetylenes is 1. The van der Waals surface area contributed by atoms with Crippen LogP contribution >= 0.6 is 0 Å². The first kappa shape index (κ1) is 8.19. The van der Waals surface area contributed by atoms with E-state index in [9.17, 15) is 4.39 Å². The van der Waals surface area contributed by atoms with Crippen molar-refractivity contribution in [1.82, 2.24) is 0 Å². The predicted molar refractivity (Wildman–Crippen MR) is 34.3 cm³/mol. The Bertz CT molecular complexity index is 143. The van der Waals surface area contributed by atoms with Crippen LogP contribution in [-0.4, -0.2) is 11.2 Å². The average molecular weight is 128 g/mol. The Kier molecular flexibility index (Phi) is 3.74. The van der Waals surface area contributed by atoms with E-state index >= 15 is 0 Å². The smallest absolute Gasteiger partial charge is 0.165 e. The molecule has 0 heterocycles. The minimum absolute atomic E-state index is 0.546. The molecular weight excluding hydrogens is 119 g/mol. The van der Waals surface area contributed by atoms with Crippen molar-refractivity contribution < 1.29 is 9.50 Å². The number of halogens is 1. The van der Waals surface area contributed by atoms with Crippen molar-refractivity contribution in [1.29, 1.82) is 0 Å². The fraction of sp³-hybridized carbons (Fsp3) is 0.429. The van der Waals surface area contributed by atoms with Gasteiger partial charge in [-0.15, -0.1) is 6.42 Å². The van der Waals surface area contributed by atoms with Gasteiger partial charge in [0.05, 0.1) is 0 Å². The zero-order valence-electron chi connectivity index (χ0n) is 5.26. The van der Waals surface area contributed by atoms with E-state index in [0.717, 1.165) is 0 Å². The molecule has 2 heteroatoms. The molecule has 1 nitrogen and oxygen atoms in total. The lowest BCUT2D eigenvalue weighted by Gasteiger charge is -1.96. The van der Waals surface area contributed by atoms with Gasteiger partial charge in [0.25, 0.3) is 0 Å². The molecule has 0 aliphatic heterocycles. The van der Waals surface area contributed by atoms with Crippen molar-refractivity contribution in [3.05, 3.63) is 11.9 Å². The fourth-order valence-electron chi connectivity index (χ4n) is 0.386. The monoisotopic (exact) mass is 128 g/mol. The minimum Gasteiger partial charge on any atom is -0.374 e. The maximum absolute atomic E-state index is 12.3. The first-order valence-corrected chi connectivity index (χ1v) is 2.72. The number of hydrogen-bond acceptors (Lipinski definition) is 1. The van der Waals surface area contributed by atoms with Crippen molar-refractivity contribution in [2.45, 2.75) is 19.4 Å². The Labute approximate surface area is 54.2 Å². The quantitative estimate of drug-likeness (QED) is 0.555. The summed E-state index contributed by atoms with van der Waals surface area (Å²) in [6.45, 7) is 1.77. The van der Waals surface area contributed by atoms with Crippen molar-refractivity contribution in [2.75, 3.05) is 0 Å². The summed E-state index contributed by atoms with van der Waals surface area (Å²) in [6.07, 6.45) is 5.17. The second-order valence-corrected chi connectivity index (χ2v) is 1.57. The van der Waals surface area contributed by atoms with Crippen LogP contribution in [-0.2, 0) is 0 Å². The van der Waals surface area contributed by atoms with Crippen molar-refractivity contribution in [2.24, 2.45) is 0 Å². The molecule has 1 atom stereocenters. The first-order chi connectivity index (χ1) is 4.22. The van der Waals surface area contributed by atoms with Gasteiger partial charge >= 0.3 is 0 Å². The van der Waals surface area contributed by atoms with Gasteiger partial charge < -0.3 is 5.11 Å². The second kappa shape index (κ2) is 4.11. The summed E-state index contributed by atoms with van der Waals surface area (Å²) in [7, 11) is 0. The lowest BCUT2D eigenvalue weighted by atomic mass is 10.3. The zero-order chi connectivity index (χ0) is 7.28. The Balaban J connectivity index is 3.89. The normalized spacial score (nSPS) is 14.7. The molecule has 0 saturated carbocycles. The van der Waals surface area contributed by atoms with Gasteiger partial charge in [-0.25, -0.2) is 4.39 Å². The molecular formula is C7H9FO. The van der Waals surface area contributed by atoms with Gasteiger partial charge in [0.2, 0.25) is 0 Å². The van der Waals surface area contributed by atoms with Crippen LogP contribution in [0.15, 0.2) is 11.9 Å². The SMILES string of the molecule is C#C[C@H](O)/C(F)=C/CC. The summed E-state index contributed by atoms with van der Waals surface area (Å²) >= 11 is 0. The molecule has 0 amide bonds. The molecule has 0 saturated heterocycles. The molecule has 0 unspecified atom stereocenters. The van der Waals surface area contributed by atoms with Crippen LogP contribution in [0, 0.1) is 12.3 Å². The Morgan fingerprint density at radius 2 is 2.56 bits per heavy atom. The van der Waals surface area contributed by atoms with Crippen LogP contribution in [0.25, 0.3) is 0 Å². The Morgan fingerprint density at radius 3 is 2.89 bits per heavy atom. The highest BCUT2D eigenvalue weighted by Gasteiger charge is 2.02. The largest absolute Gasteiger partial charge is 0.374 e. The van der Waals surface area contributed by atoms with Crippen molar-refractivity contribution >= 4 is 0 Å². The number of rotatable bonds is 2. The van der Waals surface area contributed by atoms with Gasteiger partial charge in [-0.05, 0) is 12.5 Å². The molecule has 1 N–H and O–H groups in total. The maximum atomic E-state index is 12.3. The standard InChI is InChI=1S/C7H9FO/c1-3-5-6(8)7(9)4-2/h2,5,7,9H,3H2,1H3/b6-5-/t7-/m0/s1. The lowest BCUT2D eigenvalue weighted by molar-refractivity contribution is 0.236. The predicted octanol–water partition coefficient (Wildman–Crippen LogP) is 1.24. The summed E-state index contributed by atoms with van der Waals surface area (Å²) in [5, 5.41) is 8.58. The molecule has 0 bridgehead atoms. The summed E-state index contributed by atoms with van der Waals surface area (Å²) < 4.78 is 12.3. The average Bonchev–Trinajstić information content (AvgIpc) is 1.87. The van der Waals surface area contributed by atoms with E-state index in [1.165, 1.54) is 6.08 Å². The molecule has 50 valence electrons. The van der Waals surface area contributed by atoms with E-state index in [0.29, 0.717) is 6.42 Å². The molecule has 0 aromatic heterocycles. The van der Waals surface area contributed by atoms with E-state index in [4.69, 9.17) is 11.5 Å². The summed E-state index contributed by atoms with van der Waals surface area (Å²) in [4.78, 5) is 0. The topological polar surface area (TPSA) is 20.2 Å². The van der Waals surface area contributed by atoms with Crippen LogP contribution < -0.4 is 0 Å². The highest BCUT2D eigenvalue weighted by Crippen LogP contribution is 2.03. The minimum atomic E-state index is -1.36. The fourth-order valence-corrected chi connectivity index (χ4v) is 0.386. The molecule has 0 aromatic carbocycles. The molecule has 0 fully saturated rings. The lowest BCUT2D eigenvalue weighted by Crippen LogP contribution is -2.02. The van der Waals surface area contributed by atoms with E-state index in [1.807, 2.05) is 5.92 Å². The number of aliphatic hydroxyl groups is 1. The van der Waals surface area contributed by atoms with Gasteiger partial charge in [-0.3, -0.25) is 0 Å². The molecule has 0 aliphatic carbocycles. The molecule has 0 aromatic rings. The number of aliphatic hydroxyl groups excluding tert-OH is 1. The zero-order valence-corrected chi connectivity index (χ0v) is 5.26. The van der Waals surface area contributed by atoms with E-state index < -0.39 is 11.9 Å². The van der Waals surface area contributed by atoms with E-state index in [1.54, 1.807) is 6.92 Å². The van der Waals surface area contributed by atoms with Gasteiger partial charge in [0.1, 0.15) is 5.83 Å². The van der Waals surface area contributed by atoms with Crippen molar-refractivity contribution in [3.8, 4) is 12.3 Å². The van der Waals surface area contributed by atoms with Crippen LogP contribution in [0.3, 0.4) is 0 Å². The van der Waals surface area contributed by atoms with Gasteiger partial charge in [-0.2, -0.15) is 0 Å². The second-order valence-electron chi connectivity index (χ2n) is 1.57. The number of allylic oxidation sites excluding steroid dienone is 1. The highest BCUT2D eigenvalue weighted by molar-refractivity contribution is 5.11. The van der Waals surface area contributed by atoms with Gasteiger partial charge in [0.15, 0.2) is 6.10 Å². The Hall–Kier alpha value is -0.810. The van der Waals surface area contributed by atoms with Crippen LogP contribution in [0.2, 0.25) is 0 Å². The highest BCUT2D eigenvalue weighted by atomic mass is 19.1. The molecule has 0 rings (SSSR count). The van der Waals surface area contributed by atoms with Crippen LogP contribution in [0.4, 0.5) is 4.39 Å². The van der Waals surface area contributed by atoms with Gasteiger partial charge in [-0.1, -0.05) is 12.8 Å².